The highest BCUT2D eigenvalue weighted by molar-refractivity contribution is 5.94. The molecule has 2 rings (SSSR count). The summed E-state index contributed by atoms with van der Waals surface area (Å²) >= 11 is 0. The fourth-order valence-corrected chi connectivity index (χ4v) is 2.96. The monoisotopic (exact) mass is 340 g/mol. The van der Waals surface area contributed by atoms with Gasteiger partial charge in [-0.25, -0.2) is 0 Å². The molecule has 1 aliphatic rings. The Morgan fingerprint density at radius 3 is 2.35 bits per heavy atom. The van der Waals surface area contributed by atoms with Crippen LogP contribution < -0.4 is 5.32 Å². The number of nitrogens with one attached hydrogen (secondary N) is 1. The van der Waals surface area contributed by atoms with Gasteiger partial charge in [0.2, 0.25) is 5.91 Å². The van der Waals surface area contributed by atoms with Gasteiger partial charge in [0.05, 0.1) is 12.5 Å². The minimum atomic E-state index is -0.771. The Labute approximate surface area is 143 Å². The molecule has 1 unspecified atom stereocenters. The van der Waals surface area contributed by atoms with Gasteiger partial charge < -0.3 is 10.4 Å². The molecule has 1 fully saturated rings. The molecule has 1 atom stereocenters. The van der Waals surface area contributed by atoms with Gasteiger partial charge in [-0.1, -0.05) is 32.0 Å². The normalized spacial score (nSPS) is 17.6. The van der Waals surface area contributed by atoms with Gasteiger partial charge in [-0.05, 0) is 36.9 Å². The second kappa shape index (κ2) is 8.89. The number of carboxylic acid groups (broad SMARTS) is 1. The summed E-state index contributed by atoms with van der Waals surface area (Å²) in [5, 5.41) is 12.0. The number of carbonyl (C=O) groups is 2. The Balaban J connectivity index is 0.00000264. The van der Waals surface area contributed by atoms with Crippen molar-refractivity contribution in [3.63, 3.8) is 0 Å². The minimum absolute atomic E-state index is 0. The highest BCUT2D eigenvalue weighted by Crippen LogP contribution is 2.23. The molecule has 0 radical (unpaired) electrons. The Morgan fingerprint density at radius 1 is 1.26 bits per heavy atom. The zero-order valence-electron chi connectivity index (χ0n) is 13.7. The third-order valence-corrected chi connectivity index (χ3v) is 4.25. The average molecular weight is 341 g/mol. The maximum absolute atomic E-state index is 12.3. The number of para-hydroxylation sites is 1. The van der Waals surface area contributed by atoms with Gasteiger partial charge in [0.15, 0.2) is 0 Å². The lowest BCUT2D eigenvalue weighted by Gasteiger charge is -2.18. The van der Waals surface area contributed by atoms with Gasteiger partial charge in [0.1, 0.15) is 0 Å². The number of carbonyl (C=O) groups excluding carboxylic acids is 1. The number of hydrogen-bond acceptors (Lipinski definition) is 3. The van der Waals surface area contributed by atoms with Crippen molar-refractivity contribution in [3.05, 3.63) is 29.3 Å². The smallest absolute Gasteiger partial charge is 0.307 e. The fraction of sp³-hybridized carbons (Fsp3) is 0.529. The molecule has 23 heavy (non-hydrogen) atoms. The topological polar surface area (TPSA) is 69.6 Å². The molecule has 5 nitrogen and oxygen atoms in total. The fourth-order valence-electron chi connectivity index (χ4n) is 2.96. The molecule has 1 aromatic carbocycles. The number of aliphatic carboxylic acids is 1. The summed E-state index contributed by atoms with van der Waals surface area (Å²) in [6.07, 6.45) is 2.36. The number of benzene rings is 1. The van der Waals surface area contributed by atoms with Crippen molar-refractivity contribution in [2.45, 2.75) is 33.1 Å². The second-order valence-corrected chi connectivity index (χ2v) is 5.77. The van der Waals surface area contributed by atoms with Gasteiger partial charge in [-0.15, -0.1) is 12.4 Å². The van der Waals surface area contributed by atoms with E-state index in [0.717, 1.165) is 29.7 Å². The van der Waals surface area contributed by atoms with E-state index in [1.807, 2.05) is 23.1 Å². The van der Waals surface area contributed by atoms with Gasteiger partial charge >= 0.3 is 5.97 Å². The molecule has 6 heteroatoms. The summed E-state index contributed by atoms with van der Waals surface area (Å²) in [7, 11) is 0. The molecule has 0 aromatic heterocycles. The molecule has 1 aromatic rings. The van der Waals surface area contributed by atoms with E-state index < -0.39 is 5.97 Å². The van der Waals surface area contributed by atoms with Crippen LogP contribution in [0.1, 0.15) is 31.4 Å². The van der Waals surface area contributed by atoms with Crippen LogP contribution >= 0.6 is 12.4 Å². The number of hydrogen-bond donors (Lipinski definition) is 2. The number of halogens is 1. The van der Waals surface area contributed by atoms with Gasteiger partial charge in [0.25, 0.3) is 0 Å². The molecule has 0 saturated carbocycles. The minimum Gasteiger partial charge on any atom is -0.481 e. The van der Waals surface area contributed by atoms with Crippen molar-refractivity contribution in [1.82, 2.24) is 4.90 Å². The van der Waals surface area contributed by atoms with E-state index >= 15 is 0 Å². The van der Waals surface area contributed by atoms with E-state index in [1.54, 1.807) is 0 Å². The van der Waals surface area contributed by atoms with E-state index in [1.165, 1.54) is 0 Å². The van der Waals surface area contributed by atoms with Crippen LogP contribution in [0.3, 0.4) is 0 Å². The lowest BCUT2D eigenvalue weighted by molar-refractivity contribution is -0.141. The number of aryl methyl sites for hydroxylation is 2. The number of likely N-dealkylation sites (tertiary alicyclic amines) is 1. The third kappa shape index (κ3) is 4.94. The molecular formula is C17H25ClN2O3. The van der Waals surface area contributed by atoms with E-state index in [0.29, 0.717) is 19.5 Å². The first kappa shape index (κ1) is 19.5. The third-order valence-electron chi connectivity index (χ3n) is 4.25. The standard InChI is InChI=1S/C17H24N2O3.ClH/c1-3-12-6-5-7-13(4-2)16(12)18-15(20)11-19-9-8-14(10-19)17(21)22;/h5-7,14H,3-4,8-11H2,1-2H3,(H,18,20)(H,21,22);1H. The largest absolute Gasteiger partial charge is 0.481 e. The summed E-state index contributed by atoms with van der Waals surface area (Å²) in [4.78, 5) is 25.2. The predicted octanol–water partition coefficient (Wildman–Crippen LogP) is 2.58. The van der Waals surface area contributed by atoms with Crippen molar-refractivity contribution in [3.8, 4) is 0 Å². The molecule has 1 saturated heterocycles. The van der Waals surface area contributed by atoms with Crippen molar-refractivity contribution in [1.29, 1.82) is 0 Å². The number of nitrogens with zero attached hydrogens (tertiary/aromatic N) is 1. The first-order valence-corrected chi connectivity index (χ1v) is 7.90. The number of rotatable bonds is 6. The van der Waals surface area contributed by atoms with Crippen LogP contribution in [-0.2, 0) is 22.4 Å². The van der Waals surface area contributed by atoms with Gasteiger partial charge in [0, 0.05) is 12.2 Å². The van der Waals surface area contributed by atoms with Crippen LogP contribution in [-0.4, -0.2) is 41.5 Å². The quantitative estimate of drug-likeness (QED) is 0.835. The van der Waals surface area contributed by atoms with Gasteiger partial charge in [-0.2, -0.15) is 0 Å². The van der Waals surface area contributed by atoms with Crippen molar-refractivity contribution in [2.24, 2.45) is 5.92 Å². The molecule has 1 aliphatic heterocycles. The predicted molar refractivity (Wildman–Crippen MR) is 93.3 cm³/mol. The first-order valence-electron chi connectivity index (χ1n) is 7.90. The first-order chi connectivity index (χ1) is 10.5. The molecule has 2 N–H and O–H groups in total. The number of amides is 1. The maximum atomic E-state index is 12.3. The van der Waals surface area contributed by atoms with Gasteiger partial charge in [-0.3, -0.25) is 14.5 Å². The van der Waals surface area contributed by atoms with Crippen molar-refractivity contribution >= 4 is 30.0 Å². The van der Waals surface area contributed by atoms with E-state index in [9.17, 15) is 9.59 Å². The molecule has 0 bridgehead atoms. The summed E-state index contributed by atoms with van der Waals surface area (Å²) in [6.45, 7) is 5.52. The van der Waals surface area contributed by atoms with Crippen molar-refractivity contribution in [2.75, 3.05) is 25.0 Å². The van der Waals surface area contributed by atoms with E-state index in [2.05, 4.69) is 19.2 Å². The summed E-state index contributed by atoms with van der Waals surface area (Å²) in [5.74, 6) is -1.18. The lowest BCUT2D eigenvalue weighted by Crippen LogP contribution is -2.32. The molecule has 0 aliphatic carbocycles. The summed E-state index contributed by atoms with van der Waals surface area (Å²) in [5.41, 5.74) is 3.20. The highest BCUT2D eigenvalue weighted by Gasteiger charge is 2.29. The van der Waals surface area contributed by atoms with Crippen LogP contribution in [0, 0.1) is 5.92 Å². The SMILES string of the molecule is CCc1cccc(CC)c1NC(=O)CN1CCC(C(=O)O)C1.Cl. The summed E-state index contributed by atoms with van der Waals surface area (Å²) in [6, 6.07) is 6.08. The van der Waals surface area contributed by atoms with Crippen LogP contribution in [0.5, 0.6) is 0 Å². The molecular weight excluding hydrogens is 316 g/mol. The summed E-state index contributed by atoms with van der Waals surface area (Å²) < 4.78 is 0. The lowest BCUT2D eigenvalue weighted by atomic mass is 10.0. The van der Waals surface area contributed by atoms with Crippen LogP contribution in [0.4, 0.5) is 5.69 Å². The van der Waals surface area contributed by atoms with Crippen molar-refractivity contribution < 1.29 is 14.7 Å². The maximum Gasteiger partial charge on any atom is 0.307 e. The molecule has 1 heterocycles. The number of carboxylic acids is 1. The second-order valence-electron chi connectivity index (χ2n) is 5.77. The van der Waals surface area contributed by atoms with Crippen LogP contribution in [0.15, 0.2) is 18.2 Å². The average Bonchev–Trinajstić information content (AvgIpc) is 2.96. The molecule has 1 amide bonds. The zero-order valence-corrected chi connectivity index (χ0v) is 14.5. The molecule has 0 spiro atoms. The molecule has 128 valence electrons. The van der Waals surface area contributed by atoms with Crippen LogP contribution in [0.25, 0.3) is 0 Å². The van der Waals surface area contributed by atoms with E-state index in [4.69, 9.17) is 5.11 Å². The Hall–Kier alpha value is -1.59. The number of anilines is 1. The Kier molecular flexibility index (Phi) is 7.52. The highest BCUT2D eigenvalue weighted by atomic mass is 35.5. The zero-order chi connectivity index (χ0) is 16.1. The van der Waals surface area contributed by atoms with E-state index in [-0.39, 0.29) is 30.8 Å². The van der Waals surface area contributed by atoms with Crippen LogP contribution in [0.2, 0.25) is 0 Å². The Morgan fingerprint density at radius 2 is 1.87 bits per heavy atom. The Bertz CT molecular complexity index is 541.